The van der Waals surface area contributed by atoms with Crippen molar-refractivity contribution in [2.75, 3.05) is 14.2 Å². The molecule has 0 atom stereocenters. The van der Waals surface area contributed by atoms with Crippen molar-refractivity contribution in [2.24, 2.45) is 5.92 Å². The number of allylic oxidation sites excluding steroid dienone is 2. The van der Waals surface area contributed by atoms with Crippen LogP contribution in [0.2, 0.25) is 0 Å². The van der Waals surface area contributed by atoms with Crippen molar-refractivity contribution >= 4 is 17.9 Å². The fourth-order valence-electron chi connectivity index (χ4n) is 2.28. The maximum absolute atomic E-state index is 12.2. The molecular formula is C21H21NO6. The third-order valence-electron chi connectivity index (χ3n) is 3.88. The second-order valence-corrected chi connectivity index (χ2v) is 5.83. The summed E-state index contributed by atoms with van der Waals surface area (Å²) in [6.07, 6.45) is 10.6. The van der Waals surface area contributed by atoms with E-state index in [9.17, 15) is 14.4 Å². The Hall–Kier alpha value is -3.61. The van der Waals surface area contributed by atoms with Gasteiger partial charge in [-0.05, 0) is 19.1 Å². The van der Waals surface area contributed by atoms with E-state index in [-0.39, 0.29) is 5.57 Å². The number of hydrogen-bond donors (Lipinski definition) is 0. The molecule has 7 nitrogen and oxygen atoms in total. The van der Waals surface area contributed by atoms with Crippen LogP contribution in [0.4, 0.5) is 0 Å². The molecular weight excluding hydrogens is 362 g/mol. The number of methoxy groups -OCH3 is 2. The van der Waals surface area contributed by atoms with Crippen LogP contribution in [0.25, 0.3) is 0 Å². The van der Waals surface area contributed by atoms with Gasteiger partial charge in [0.15, 0.2) is 0 Å². The fraction of sp³-hybridized carbons (Fsp3) is 0.190. The van der Waals surface area contributed by atoms with Crippen molar-refractivity contribution in [1.82, 2.24) is 4.90 Å². The second-order valence-electron chi connectivity index (χ2n) is 5.83. The lowest BCUT2D eigenvalue weighted by atomic mass is 9.98. The van der Waals surface area contributed by atoms with Crippen LogP contribution >= 0.6 is 0 Å². The molecule has 1 heterocycles. The number of hydrogen-bond acceptors (Lipinski definition) is 7. The quantitative estimate of drug-likeness (QED) is 0.323. The van der Waals surface area contributed by atoms with Gasteiger partial charge in [0.25, 0.3) is 0 Å². The summed E-state index contributed by atoms with van der Waals surface area (Å²) < 4.78 is 14.5. The van der Waals surface area contributed by atoms with Gasteiger partial charge in [-0.1, -0.05) is 29.8 Å². The van der Waals surface area contributed by atoms with Crippen LogP contribution in [0.3, 0.4) is 0 Å². The Labute approximate surface area is 163 Å². The minimum absolute atomic E-state index is 0.159. The van der Waals surface area contributed by atoms with Crippen molar-refractivity contribution in [3.8, 4) is 0 Å². The van der Waals surface area contributed by atoms with Gasteiger partial charge in [-0.2, -0.15) is 0 Å². The van der Waals surface area contributed by atoms with Gasteiger partial charge in [0.2, 0.25) is 0 Å². The number of benzene rings is 1. The highest BCUT2D eigenvalue weighted by Gasteiger charge is 2.21. The average Bonchev–Trinajstić information content (AvgIpc) is 2.72. The number of nitrogens with zero attached hydrogens (tertiary/aromatic N) is 1. The topological polar surface area (TPSA) is 82.1 Å². The van der Waals surface area contributed by atoms with Crippen molar-refractivity contribution in [1.29, 1.82) is 0 Å². The van der Waals surface area contributed by atoms with E-state index in [0.29, 0.717) is 5.56 Å². The number of rotatable bonds is 6. The minimum atomic E-state index is -0.616. The van der Waals surface area contributed by atoms with E-state index in [1.165, 1.54) is 26.5 Å². The SMILES string of the molecule is COC(=O)/C=C/N1C=CC(/C(=C\OC(=O)c2ccc(C)cc2)C(=O)OC)C=C1. The molecule has 0 bridgehead atoms. The van der Waals surface area contributed by atoms with Crippen molar-refractivity contribution < 1.29 is 28.6 Å². The summed E-state index contributed by atoms with van der Waals surface area (Å²) in [6.45, 7) is 1.91. The van der Waals surface area contributed by atoms with Gasteiger partial charge in [0.05, 0.1) is 25.4 Å². The lowest BCUT2D eigenvalue weighted by molar-refractivity contribution is -0.136. The van der Waals surface area contributed by atoms with Crippen LogP contribution in [0.15, 0.2) is 72.9 Å². The van der Waals surface area contributed by atoms with Crippen LogP contribution in [0.1, 0.15) is 15.9 Å². The molecule has 0 saturated heterocycles. The van der Waals surface area contributed by atoms with E-state index >= 15 is 0 Å². The highest BCUT2D eigenvalue weighted by atomic mass is 16.5. The summed E-state index contributed by atoms with van der Waals surface area (Å²) in [4.78, 5) is 37.0. The van der Waals surface area contributed by atoms with Gasteiger partial charge >= 0.3 is 17.9 Å². The molecule has 0 saturated carbocycles. The van der Waals surface area contributed by atoms with Gasteiger partial charge in [0, 0.05) is 30.6 Å². The Kier molecular flexibility index (Phi) is 7.33. The largest absolute Gasteiger partial charge is 0.466 e. The molecule has 146 valence electrons. The summed E-state index contributed by atoms with van der Waals surface area (Å²) >= 11 is 0. The molecule has 28 heavy (non-hydrogen) atoms. The molecule has 1 aromatic carbocycles. The first kappa shape index (κ1) is 20.7. The maximum atomic E-state index is 12.2. The number of carbonyl (C=O) groups is 3. The summed E-state index contributed by atoms with van der Waals surface area (Å²) in [7, 11) is 2.54. The number of carbonyl (C=O) groups excluding carboxylic acids is 3. The monoisotopic (exact) mass is 383 g/mol. The summed E-state index contributed by atoms with van der Waals surface area (Å²) in [5, 5.41) is 0. The number of ether oxygens (including phenoxy) is 3. The maximum Gasteiger partial charge on any atom is 0.342 e. The summed E-state index contributed by atoms with van der Waals surface area (Å²) in [6, 6.07) is 6.89. The molecule has 0 aromatic heterocycles. The van der Waals surface area contributed by atoms with Crippen LogP contribution in [-0.4, -0.2) is 37.0 Å². The predicted molar refractivity (Wildman–Crippen MR) is 101 cm³/mol. The molecule has 0 aliphatic carbocycles. The van der Waals surface area contributed by atoms with Crippen molar-refractivity contribution in [3.63, 3.8) is 0 Å². The van der Waals surface area contributed by atoms with E-state index in [1.54, 1.807) is 53.7 Å². The summed E-state index contributed by atoms with van der Waals surface area (Å²) in [5.41, 5.74) is 1.55. The lowest BCUT2D eigenvalue weighted by Gasteiger charge is -2.19. The van der Waals surface area contributed by atoms with Gasteiger partial charge in [0.1, 0.15) is 6.26 Å². The molecule has 2 rings (SSSR count). The highest BCUT2D eigenvalue weighted by molar-refractivity contribution is 5.92. The third-order valence-corrected chi connectivity index (χ3v) is 3.88. The van der Waals surface area contributed by atoms with Gasteiger partial charge in [-0.15, -0.1) is 0 Å². The highest BCUT2D eigenvalue weighted by Crippen LogP contribution is 2.21. The first-order chi connectivity index (χ1) is 13.4. The zero-order valence-electron chi connectivity index (χ0n) is 15.8. The molecule has 0 amide bonds. The van der Waals surface area contributed by atoms with E-state index in [2.05, 4.69) is 4.74 Å². The Balaban J connectivity index is 2.11. The molecule has 0 N–H and O–H groups in total. The first-order valence-electron chi connectivity index (χ1n) is 8.41. The smallest absolute Gasteiger partial charge is 0.342 e. The molecule has 0 radical (unpaired) electrons. The van der Waals surface area contributed by atoms with Gasteiger partial charge < -0.3 is 19.1 Å². The minimum Gasteiger partial charge on any atom is -0.466 e. The molecule has 1 aliphatic heterocycles. The molecule has 0 fully saturated rings. The fourth-order valence-corrected chi connectivity index (χ4v) is 2.28. The average molecular weight is 383 g/mol. The Morgan fingerprint density at radius 1 is 1.00 bits per heavy atom. The Bertz CT molecular complexity index is 834. The van der Waals surface area contributed by atoms with Gasteiger partial charge in [-0.25, -0.2) is 14.4 Å². The third kappa shape index (κ3) is 5.70. The lowest BCUT2D eigenvalue weighted by Crippen LogP contribution is -2.17. The predicted octanol–water partition coefficient (Wildman–Crippen LogP) is 2.85. The van der Waals surface area contributed by atoms with E-state index in [4.69, 9.17) is 9.47 Å². The number of esters is 3. The first-order valence-corrected chi connectivity index (χ1v) is 8.41. The Morgan fingerprint density at radius 3 is 2.21 bits per heavy atom. The molecule has 1 aliphatic rings. The Morgan fingerprint density at radius 2 is 1.64 bits per heavy atom. The summed E-state index contributed by atoms with van der Waals surface area (Å²) in [5.74, 6) is -2.13. The molecule has 1 aromatic rings. The van der Waals surface area contributed by atoms with Crippen LogP contribution in [0.5, 0.6) is 0 Å². The normalized spacial score (nSPS) is 14.2. The standard InChI is InChI=1S/C21H21NO6/c1-15-4-6-17(7-5-15)20(24)28-14-18(21(25)27-3)16-8-11-22(12-9-16)13-10-19(23)26-2/h4-14,16H,1-3H3/b13-10+,18-14+. The van der Waals surface area contributed by atoms with E-state index < -0.39 is 23.8 Å². The molecule has 7 heteroatoms. The van der Waals surface area contributed by atoms with Crippen LogP contribution in [-0.2, 0) is 23.8 Å². The second kappa shape index (κ2) is 9.91. The zero-order chi connectivity index (χ0) is 20.5. The van der Waals surface area contributed by atoms with Crippen molar-refractivity contribution in [2.45, 2.75) is 6.92 Å². The van der Waals surface area contributed by atoms with Crippen molar-refractivity contribution in [3.05, 3.63) is 84.1 Å². The number of aryl methyl sites for hydroxylation is 1. The molecule has 0 spiro atoms. The van der Waals surface area contributed by atoms with Crippen LogP contribution < -0.4 is 0 Å². The van der Waals surface area contributed by atoms with E-state index in [0.717, 1.165) is 11.8 Å². The van der Waals surface area contributed by atoms with Crippen LogP contribution in [0, 0.1) is 12.8 Å². The van der Waals surface area contributed by atoms with Gasteiger partial charge in [-0.3, -0.25) is 0 Å². The zero-order valence-corrected chi connectivity index (χ0v) is 15.8. The van der Waals surface area contributed by atoms with E-state index in [1.807, 2.05) is 6.92 Å². The molecule has 0 unspecified atom stereocenters.